The van der Waals surface area contributed by atoms with Gasteiger partial charge in [-0.1, -0.05) is 48.5 Å². The van der Waals surface area contributed by atoms with Crippen molar-refractivity contribution in [2.45, 2.75) is 25.4 Å². The van der Waals surface area contributed by atoms with Gasteiger partial charge in [0.2, 0.25) is 0 Å². The molecular weight excluding hydrogens is 426 g/mol. The molecule has 0 aromatic heterocycles. The van der Waals surface area contributed by atoms with E-state index in [0.717, 1.165) is 42.1 Å². The predicted molar refractivity (Wildman–Crippen MR) is 129 cm³/mol. The number of nitrogens with zero attached hydrogens (tertiary/aromatic N) is 3. The molecule has 1 unspecified atom stereocenters. The van der Waals surface area contributed by atoms with Crippen molar-refractivity contribution in [2.75, 3.05) is 14.2 Å². The van der Waals surface area contributed by atoms with Crippen molar-refractivity contribution in [3.63, 3.8) is 0 Å². The number of amidine groups is 1. The minimum Gasteiger partial charge on any atom is -0.497 e. The Hall–Kier alpha value is -3.38. The Morgan fingerprint density at radius 2 is 1.72 bits per heavy atom. The largest absolute Gasteiger partial charge is 0.497 e. The van der Waals surface area contributed by atoms with Crippen LogP contribution in [0.25, 0.3) is 0 Å². The first-order valence-corrected chi connectivity index (χ1v) is 10.3. The molecule has 4 rings (SSSR count). The minimum absolute atomic E-state index is 0. The molecule has 0 bridgehead atoms. The molecule has 0 spiro atoms. The fraction of sp³-hybridized carbons (Fsp3) is 0.240. The van der Waals surface area contributed by atoms with Gasteiger partial charge in [-0.15, -0.1) is 12.4 Å². The normalized spacial score (nSPS) is 15.1. The second-order valence-electron chi connectivity index (χ2n) is 7.70. The average molecular weight is 452 g/mol. The van der Waals surface area contributed by atoms with Crippen LogP contribution in [-0.4, -0.2) is 29.8 Å². The highest BCUT2D eigenvalue weighted by Gasteiger charge is 2.23. The molecule has 0 radical (unpaired) electrons. The fourth-order valence-electron chi connectivity index (χ4n) is 3.95. The molecule has 32 heavy (non-hydrogen) atoms. The summed E-state index contributed by atoms with van der Waals surface area (Å²) in [7, 11) is 3.74. The monoisotopic (exact) mass is 451 g/mol. The van der Waals surface area contributed by atoms with Crippen LogP contribution in [0.4, 0.5) is 5.69 Å². The number of halogens is 1. The number of hydrogen-bond acceptors (Lipinski definition) is 5. The SMILES string of the molecule is COc1ccc(C2N=C(CCc3ccc([N+](=O)[O-])cc3)N(C)Cc3ccccc32)cc1.Cl. The number of benzene rings is 3. The van der Waals surface area contributed by atoms with Crippen molar-refractivity contribution >= 4 is 23.9 Å². The average Bonchev–Trinajstić information content (AvgIpc) is 2.94. The molecule has 0 saturated carbocycles. The first-order chi connectivity index (χ1) is 15.0. The molecular formula is C25H26ClN3O3. The molecule has 0 saturated heterocycles. The molecule has 0 aliphatic carbocycles. The summed E-state index contributed by atoms with van der Waals surface area (Å²) in [6.45, 7) is 0.794. The van der Waals surface area contributed by atoms with Crippen LogP contribution in [-0.2, 0) is 13.0 Å². The highest BCUT2D eigenvalue weighted by molar-refractivity contribution is 5.85. The summed E-state index contributed by atoms with van der Waals surface area (Å²) in [5, 5.41) is 10.9. The highest BCUT2D eigenvalue weighted by atomic mass is 35.5. The van der Waals surface area contributed by atoms with Gasteiger partial charge >= 0.3 is 0 Å². The van der Waals surface area contributed by atoms with Crippen LogP contribution in [0.2, 0.25) is 0 Å². The number of aliphatic imine (C=N–C) groups is 1. The second kappa shape index (κ2) is 10.3. The van der Waals surface area contributed by atoms with Gasteiger partial charge < -0.3 is 9.64 Å². The molecule has 166 valence electrons. The summed E-state index contributed by atoms with van der Waals surface area (Å²) in [5.41, 5.74) is 4.77. The van der Waals surface area contributed by atoms with Crippen molar-refractivity contribution < 1.29 is 9.66 Å². The number of nitro benzene ring substituents is 1. The van der Waals surface area contributed by atoms with Crippen LogP contribution in [0.15, 0.2) is 77.8 Å². The van der Waals surface area contributed by atoms with E-state index in [1.54, 1.807) is 19.2 Å². The quantitative estimate of drug-likeness (QED) is 0.362. The van der Waals surface area contributed by atoms with Crippen LogP contribution in [0.3, 0.4) is 0 Å². The smallest absolute Gasteiger partial charge is 0.269 e. The van der Waals surface area contributed by atoms with Crippen molar-refractivity contribution in [2.24, 2.45) is 4.99 Å². The lowest BCUT2D eigenvalue weighted by molar-refractivity contribution is -0.384. The molecule has 3 aromatic rings. The number of nitro groups is 1. The van der Waals surface area contributed by atoms with Crippen LogP contribution in [0.1, 0.15) is 34.7 Å². The Balaban J connectivity index is 0.00000289. The number of ether oxygens (including phenoxy) is 1. The van der Waals surface area contributed by atoms with E-state index in [2.05, 4.69) is 48.3 Å². The zero-order valence-corrected chi connectivity index (χ0v) is 18.9. The topological polar surface area (TPSA) is 68.0 Å². The molecule has 0 N–H and O–H groups in total. The summed E-state index contributed by atoms with van der Waals surface area (Å²) in [5.74, 6) is 1.85. The van der Waals surface area contributed by atoms with Gasteiger partial charge in [-0.3, -0.25) is 15.1 Å². The molecule has 3 aromatic carbocycles. The first kappa shape index (κ1) is 23.3. The summed E-state index contributed by atoms with van der Waals surface area (Å²) in [6, 6.07) is 23.2. The van der Waals surface area contributed by atoms with Gasteiger partial charge in [0, 0.05) is 32.1 Å². The van der Waals surface area contributed by atoms with E-state index in [1.807, 2.05) is 24.3 Å². The van der Waals surface area contributed by atoms with Crippen molar-refractivity contribution in [3.05, 3.63) is 105 Å². The fourth-order valence-corrected chi connectivity index (χ4v) is 3.95. The molecule has 1 heterocycles. The Morgan fingerprint density at radius 3 is 2.38 bits per heavy atom. The number of rotatable bonds is 6. The molecule has 7 heteroatoms. The number of fused-ring (bicyclic) bond motifs is 1. The lowest BCUT2D eigenvalue weighted by Crippen LogP contribution is -2.26. The van der Waals surface area contributed by atoms with Gasteiger partial charge in [0.1, 0.15) is 17.6 Å². The van der Waals surface area contributed by atoms with Crippen LogP contribution < -0.4 is 4.74 Å². The standard InChI is InChI=1S/C25H25N3O3.ClH/c1-27-17-20-5-3-4-6-23(20)25(19-10-14-22(31-2)15-11-19)26-24(27)16-9-18-7-12-21(13-8-18)28(29)30;/h3-8,10-15,25H,9,16-17H2,1-2H3;1H. The van der Waals surface area contributed by atoms with Crippen molar-refractivity contribution in [3.8, 4) is 5.75 Å². The van der Waals surface area contributed by atoms with E-state index in [0.29, 0.717) is 0 Å². The number of non-ortho nitro benzene ring substituents is 1. The van der Waals surface area contributed by atoms with E-state index >= 15 is 0 Å². The van der Waals surface area contributed by atoms with Gasteiger partial charge in [0.15, 0.2) is 0 Å². The maximum Gasteiger partial charge on any atom is 0.269 e. The maximum absolute atomic E-state index is 10.9. The Labute approximate surface area is 194 Å². The van der Waals surface area contributed by atoms with Gasteiger partial charge in [-0.05, 0) is 40.8 Å². The lowest BCUT2D eigenvalue weighted by atomic mass is 9.95. The van der Waals surface area contributed by atoms with Gasteiger partial charge in [0.25, 0.3) is 5.69 Å². The maximum atomic E-state index is 10.9. The van der Waals surface area contributed by atoms with E-state index < -0.39 is 0 Å². The Kier molecular flexibility index (Phi) is 7.49. The summed E-state index contributed by atoms with van der Waals surface area (Å²) >= 11 is 0. The van der Waals surface area contributed by atoms with E-state index in [4.69, 9.17) is 9.73 Å². The van der Waals surface area contributed by atoms with Crippen LogP contribution in [0.5, 0.6) is 5.75 Å². The number of hydrogen-bond donors (Lipinski definition) is 0. The Bertz CT molecular complexity index is 1100. The molecule has 0 amide bonds. The Morgan fingerprint density at radius 1 is 1.03 bits per heavy atom. The predicted octanol–water partition coefficient (Wildman–Crippen LogP) is 5.59. The first-order valence-electron chi connectivity index (χ1n) is 10.3. The molecule has 1 aliphatic rings. The lowest BCUT2D eigenvalue weighted by Gasteiger charge is -2.20. The third-order valence-corrected chi connectivity index (χ3v) is 5.69. The summed E-state index contributed by atoms with van der Waals surface area (Å²) in [6.07, 6.45) is 1.53. The highest BCUT2D eigenvalue weighted by Crippen LogP contribution is 2.33. The summed E-state index contributed by atoms with van der Waals surface area (Å²) < 4.78 is 5.31. The minimum atomic E-state index is -0.371. The molecule has 1 atom stereocenters. The van der Waals surface area contributed by atoms with Crippen LogP contribution >= 0.6 is 12.4 Å². The van der Waals surface area contributed by atoms with Crippen molar-refractivity contribution in [1.29, 1.82) is 0 Å². The molecule has 6 nitrogen and oxygen atoms in total. The van der Waals surface area contributed by atoms with Crippen LogP contribution in [0, 0.1) is 10.1 Å². The molecule has 0 fully saturated rings. The van der Waals surface area contributed by atoms with Gasteiger partial charge in [-0.2, -0.15) is 0 Å². The number of aryl methyl sites for hydroxylation is 1. The van der Waals surface area contributed by atoms with Gasteiger partial charge in [0.05, 0.1) is 12.0 Å². The zero-order chi connectivity index (χ0) is 21.8. The van der Waals surface area contributed by atoms with E-state index in [1.165, 1.54) is 11.1 Å². The third-order valence-electron chi connectivity index (χ3n) is 5.69. The second-order valence-corrected chi connectivity index (χ2v) is 7.70. The van der Waals surface area contributed by atoms with E-state index in [-0.39, 0.29) is 29.1 Å². The third kappa shape index (κ3) is 5.08. The number of methoxy groups -OCH3 is 1. The molecule has 1 aliphatic heterocycles. The van der Waals surface area contributed by atoms with Crippen molar-refractivity contribution in [1.82, 2.24) is 4.90 Å². The van der Waals surface area contributed by atoms with E-state index in [9.17, 15) is 10.1 Å². The zero-order valence-electron chi connectivity index (χ0n) is 18.1. The van der Waals surface area contributed by atoms with Gasteiger partial charge in [-0.25, -0.2) is 0 Å². The summed E-state index contributed by atoms with van der Waals surface area (Å²) in [4.78, 5) is 17.9.